The topological polar surface area (TPSA) is 73.6 Å². The third-order valence-electron chi connectivity index (χ3n) is 2.27. The number of fused-ring (bicyclic) bond motifs is 1. The van der Waals surface area contributed by atoms with Crippen molar-refractivity contribution in [3.8, 4) is 5.75 Å². The van der Waals surface area contributed by atoms with Crippen molar-refractivity contribution in [3.63, 3.8) is 0 Å². The molecule has 5 nitrogen and oxygen atoms in total. The van der Waals surface area contributed by atoms with Crippen LogP contribution in [0.2, 0.25) is 5.02 Å². The quantitative estimate of drug-likeness (QED) is 0.605. The van der Waals surface area contributed by atoms with Gasteiger partial charge in [0, 0.05) is 5.02 Å². The van der Waals surface area contributed by atoms with E-state index in [0.29, 0.717) is 16.5 Å². The van der Waals surface area contributed by atoms with E-state index in [1.54, 1.807) is 18.2 Å². The van der Waals surface area contributed by atoms with Gasteiger partial charge in [0.15, 0.2) is 11.3 Å². The van der Waals surface area contributed by atoms with Crippen LogP contribution in [-0.2, 0) is 9.53 Å². The van der Waals surface area contributed by atoms with Crippen molar-refractivity contribution < 1.29 is 14.3 Å². The Labute approximate surface area is 114 Å². The first kappa shape index (κ1) is 12.7. The molecule has 2 rings (SSSR count). The summed E-state index contributed by atoms with van der Waals surface area (Å²) in [6, 6.07) is 4.89. The number of ether oxygens (including phenoxy) is 2. The number of thiocarbonyl (C=S) groups is 1. The number of hydrogen-bond donors (Lipinski definition) is 2. The third kappa shape index (κ3) is 2.25. The van der Waals surface area contributed by atoms with Crippen molar-refractivity contribution in [3.05, 3.63) is 34.7 Å². The fourth-order valence-corrected chi connectivity index (χ4v) is 1.92. The number of halogens is 1. The Morgan fingerprint density at radius 2 is 2.28 bits per heavy atom. The van der Waals surface area contributed by atoms with Crippen LogP contribution in [0.25, 0.3) is 0 Å². The molecule has 0 spiro atoms. The summed E-state index contributed by atoms with van der Waals surface area (Å²) >= 11 is 10.9. The zero-order chi connectivity index (χ0) is 13.3. The lowest BCUT2D eigenvalue weighted by molar-refractivity contribution is -0.135. The first-order valence-corrected chi connectivity index (χ1v) is 5.68. The van der Waals surface area contributed by atoms with Crippen molar-refractivity contribution in [2.24, 2.45) is 5.73 Å². The molecule has 0 aliphatic carbocycles. The smallest absolute Gasteiger partial charge is 0.346 e. The van der Waals surface area contributed by atoms with E-state index in [1.807, 2.05) is 0 Å². The van der Waals surface area contributed by atoms with E-state index in [0.717, 1.165) is 0 Å². The normalized spacial score (nSPS) is 14.2. The van der Waals surface area contributed by atoms with Crippen molar-refractivity contribution in [1.29, 1.82) is 0 Å². The molecule has 18 heavy (non-hydrogen) atoms. The molecule has 1 heterocycles. The molecule has 0 saturated carbocycles. The maximum Gasteiger partial charge on any atom is 0.346 e. The molecule has 1 aliphatic rings. The highest BCUT2D eigenvalue weighted by molar-refractivity contribution is 7.81. The van der Waals surface area contributed by atoms with Crippen LogP contribution in [0.4, 0.5) is 5.69 Å². The maximum absolute atomic E-state index is 11.6. The van der Waals surface area contributed by atoms with Gasteiger partial charge in [-0.15, -0.1) is 0 Å². The summed E-state index contributed by atoms with van der Waals surface area (Å²) in [4.78, 5) is 11.7. The van der Waals surface area contributed by atoms with Gasteiger partial charge in [0.05, 0.1) is 12.8 Å². The summed E-state index contributed by atoms with van der Waals surface area (Å²) < 4.78 is 9.96. The minimum Gasteiger partial charge on any atom is -0.465 e. The molecular formula is C11H9ClN2O3S. The first-order chi connectivity index (χ1) is 8.52. The van der Waals surface area contributed by atoms with Gasteiger partial charge in [0.2, 0.25) is 5.88 Å². The fourth-order valence-electron chi connectivity index (χ4n) is 1.45. The van der Waals surface area contributed by atoms with Crippen molar-refractivity contribution in [2.45, 2.75) is 0 Å². The van der Waals surface area contributed by atoms with Gasteiger partial charge in [-0.2, -0.15) is 0 Å². The van der Waals surface area contributed by atoms with Crippen LogP contribution >= 0.6 is 23.8 Å². The lowest BCUT2D eigenvalue weighted by Crippen LogP contribution is -2.23. The molecule has 1 aliphatic heterocycles. The van der Waals surface area contributed by atoms with E-state index in [-0.39, 0.29) is 16.4 Å². The van der Waals surface area contributed by atoms with Crippen molar-refractivity contribution >= 4 is 40.5 Å². The van der Waals surface area contributed by atoms with E-state index < -0.39 is 5.97 Å². The molecule has 0 amide bonds. The molecule has 0 atom stereocenters. The third-order valence-corrected chi connectivity index (χ3v) is 2.81. The zero-order valence-corrected chi connectivity index (χ0v) is 10.9. The lowest BCUT2D eigenvalue weighted by Gasteiger charge is -2.07. The molecule has 0 aromatic heterocycles. The first-order valence-electron chi connectivity index (χ1n) is 4.89. The van der Waals surface area contributed by atoms with E-state index in [2.05, 4.69) is 10.1 Å². The average Bonchev–Trinajstić information content (AvgIpc) is 2.43. The molecule has 0 fully saturated rings. The van der Waals surface area contributed by atoms with Crippen LogP contribution in [0, 0.1) is 0 Å². The van der Waals surface area contributed by atoms with E-state index in [1.165, 1.54) is 7.11 Å². The minimum absolute atomic E-state index is 0.0141. The SMILES string of the molecule is COC(=O)C1=C(N)Oc2ccc(Cl)cc2NC1=S. The number of nitrogens with two attached hydrogens (primary N) is 1. The highest BCUT2D eigenvalue weighted by atomic mass is 35.5. The molecule has 0 radical (unpaired) electrons. The molecule has 1 aromatic rings. The Kier molecular flexibility index (Phi) is 3.40. The van der Waals surface area contributed by atoms with Crippen LogP contribution in [0.5, 0.6) is 5.75 Å². The van der Waals surface area contributed by atoms with Crippen LogP contribution < -0.4 is 15.8 Å². The summed E-state index contributed by atoms with van der Waals surface area (Å²) in [6.07, 6.45) is 0. The van der Waals surface area contributed by atoms with Gasteiger partial charge in [0.1, 0.15) is 4.99 Å². The van der Waals surface area contributed by atoms with Crippen LogP contribution in [-0.4, -0.2) is 18.1 Å². The fraction of sp³-hybridized carbons (Fsp3) is 0.0909. The number of anilines is 1. The van der Waals surface area contributed by atoms with Crippen LogP contribution in [0.3, 0.4) is 0 Å². The number of carbonyl (C=O) groups excluding carboxylic acids is 1. The molecule has 3 N–H and O–H groups in total. The minimum atomic E-state index is -0.663. The predicted molar refractivity (Wildman–Crippen MR) is 71.5 cm³/mol. The summed E-state index contributed by atoms with van der Waals surface area (Å²) in [5, 5.41) is 3.35. The number of esters is 1. The Morgan fingerprint density at radius 1 is 1.56 bits per heavy atom. The van der Waals surface area contributed by atoms with Crippen molar-refractivity contribution in [2.75, 3.05) is 12.4 Å². The van der Waals surface area contributed by atoms with Gasteiger partial charge in [-0.1, -0.05) is 23.8 Å². The summed E-state index contributed by atoms with van der Waals surface area (Å²) in [5.41, 5.74) is 6.22. The molecule has 0 unspecified atom stereocenters. The lowest BCUT2D eigenvalue weighted by atomic mass is 10.2. The van der Waals surface area contributed by atoms with Gasteiger partial charge in [0.25, 0.3) is 0 Å². The molecular weight excluding hydrogens is 276 g/mol. The molecule has 0 bridgehead atoms. The number of rotatable bonds is 1. The molecule has 1 aromatic carbocycles. The Balaban J connectivity index is 2.47. The number of benzene rings is 1. The molecule has 0 saturated heterocycles. The Bertz CT molecular complexity index is 571. The average molecular weight is 285 g/mol. The zero-order valence-electron chi connectivity index (χ0n) is 9.32. The van der Waals surface area contributed by atoms with E-state index in [9.17, 15) is 4.79 Å². The maximum atomic E-state index is 11.6. The largest absolute Gasteiger partial charge is 0.465 e. The van der Waals surface area contributed by atoms with Gasteiger partial charge >= 0.3 is 5.97 Å². The Morgan fingerprint density at radius 3 is 2.94 bits per heavy atom. The Hall–Kier alpha value is -1.79. The number of carbonyl (C=O) groups is 1. The number of methoxy groups -OCH3 is 1. The highest BCUT2D eigenvalue weighted by Crippen LogP contribution is 2.32. The van der Waals surface area contributed by atoms with Gasteiger partial charge in [-0.05, 0) is 18.2 Å². The molecule has 7 heteroatoms. The second-order valence-electron chi connectivity index (χ2n) is 3.43. The van der Waals surface area contributed by atoms with Gasteiger partial charge in [-0.3, -0.25) is 0 Å². The number of hydrogen-bond acceptors (Lipinski definition) is 5. The molecule has 94 valence electrons. The number of nitrogens with one attached hydrogen (secondary N) is 1. The van der Waals surface area contributed by atoms with Crippen LogP contribution in [0.15, 0.2) is 29.7 Å². The van der Waals surface area contributed by atoms with Gasteiger partial charge in [-0.25, -0.2) is 4.79 Å². The van der Waals surface area contributed by atoms with E-state index in [4.69, 9.17) is 34.3 Å². The van der Waals surface area contributed by atoms with Crippen molar-refractivity contribution in [1.82, 2.24) is 0 Å². The summed E-state index contributed by atoms with van der Waals surface area (Å²) in [7, 11) is 1.24. The highest BCUT2D eigenvalue weighted by Gasteiger charge is 2.25. The summed E-state index contributed by atoms with van der Waals surface area (Å²) in [6.45, 7) is 0. The van der Waals surface area contributed by atoms with Crippen LogP contribution in [0.1, 0.15) is 0 Å². The monoisotopic (exact) mass is 284 g/mol. The standard InChI is InChI=1S/C11H9ClN2O3S/c1-16-11(15)8-9(13)17-7-3-2-5(12)4-6(7)14-10(8)18/h2-4H,13H2,1H3,(H,14,18). The second kappa shape index (κ2) is 4.83. The summed E-state index contributed by atoms with van der Waals surface area (Å²) in [5.74, 6) is -0.345. The second-order valence-corrected chi connectivity index (χ2v) is 4.27. The predicted octanol–water partition coefficient (Wildman–Crippen LogP) is 1.81. The van der Waals surface area contributed by atoms with E-state index >= 15 is 0 Å². The van der Waals surface area contributed by atoms with Gasteiger partial charge < -0.3 is 20.5 Å².